The van der Waals surface area contributed by atoms with E-state index in [4.69, 9.17) is 0 Å². The van der Waals surface area contributed by atoms with Crippen LogP contribution in [0.3, 0.4) is 0 Å². The van der Waals surface area contributed by atoms with Gasteiger partial charge in [0.25, 0.3) is 0 Å². The first kappa shape index (κ1) is 13.4. The van der Waals surface area contributed by atoms with Gasteiger partial charge in [0.05, 0.1) is 6.20 Å². The first-order valence-corrected chi connectivity index (χ1v) is 6.90. The first-order valence-electron chi connectivity index (χ1n) is 6.90. The van der Waals surface area contributed by atoms with Crippen molar-refractivity contribution in [3.63, 3.8) is 0 Å². The van der Waals surface area contributed by atoms with E-state index in [9.17, 15) is 4.39 Å². The zero-order chi connectivity index (χ0) is 14.7. The summed E-state index contributed by atoms with van der Waals surface area (Å²) >= 11 is 0. The maximum absolute atomic E-state index is 14.0. The van der Waals surface area contributed by atoms with Crippen molar-refractivity contribution >= 4 is 16.6 Å². The molecule has 0 aliphatic rings. The summed E-state index contributed by atoms with van der Waals surface area (Å²) in [5.74, 6) is 0.330. The molecular weight excluding hydrogens is 267 g/mol. The second kappa shape index (κ2) is 5.83. The lowest BCUT2D eigenvalue weighted by molar-refractivity contribution is 0.624. The van der Waals surface area contributed by atoms with E-state index < -0.39 is 5.82 Å². The summed E-state index contributed by atoms with van der Waals surface area (Å²) in [6.07, 6.45) is 3.74. The number of rotatable bonds is 4. The van der Waals surface area contributed by atoms with Crippen LogP contribution in [0.4, 0.5) is 10.2 Å². The summed E-state index contributed by atoms with van der Waals surface area (Å²) in [5.41, 5.74) is 0.947. The van der Waals surface area contributed by atoms with Crippen molar-refractivity contribution < 1.29 is 4.39 Å². The molecule has 0 unspecified atom stereocenters. The Hall–Kier alpha value is -2.56. The Kier molecular flexibility index (Phi) is 3.73. The van der Waals surface area contributed by atoms with Gasteiger partial charge in [0.15, 0.2) is 11.6 Å². The fraction of sp³-hybridized carbons (Fsp3) is 0.188. The Balaban J connectivity index is 2.20. The molecule has 0 fully saturated rings. The Labute approximate surface area is 122 Å². The Morgan fingerprint density at radius 1 is 1.10 bits per heavy atom. The molecule has 0 bridgehead atoms. The molecule has 1 N–H and O–H groups in total. The zero-order valence-corrected chi connectivity index (χ0v) is 11.7. The van der Waals surface area contributed by atoms with Crippen molar-refractivity contribution in [2.45, 2.75) is 13.3 Å². The van der Waals surface area contributed by atoms with Crippen LogP contribution in [0.25, 0.3) is 22.0 Å². The second-order valence-corrected chi connectivity index (χ2v) is 4.73. The van der Waals surface area contributed by atoms with E-state index in [1.54, 1.807) is 12.3 Å². The number of pyridine rings is 1. The molecule has 2 heterocycles. The van der Waals surface area contributed by atoms with Crippen LogP contribution < -0.4 is 5.32 Å². The van der Waals surface area contributed by atoms with Crippen LogP contribution in [0.1, 0.15) is 13.3 Å². The molecule has 3 rings (SSSR count). The van der Waals surface area contributed by atoms with Crippen LogP contribution in [0.5, 0.6) is 0 Å². The van der Waals surface area contributed by atoms with Crippen molar-refractivity contribution in [1.29, 1.82) is 0 Å². The van der Waals surface area contributed by atoms with Gasteiger partial charge in [0.1, 0.15) is 5.69 Å². The number of fused-ring (bicyclic) bond motifs is 1. The second-order valence-electron chi connectivity index (χ2n) is 4.73. The van der Waals surface area contributed by atoms with Gasteiger partial charge in [-0.05, 0) is 12.5 Å². The van der Waals surface area contributed by atoms with Crippen LogP contribution in [-0.2, 0) is 0 Å². The monoisotopic (exact) mass is 282 g/mol. The molecule has 0 aliphatic heterocycles. The van der Waals surface area contributed by atoms with Crippen molar-refractivity contribution in [1.82, 2.24) is 15.2 Å². The van der Waals surface area contributed by atoms with Crippen LogP contribution in [0.15, 0.2) is 42.7 Å². The fourth-order valence-electron chi connectivity index (χ4n) is 2.24. The molecule has 5 heteroatoms. The maximum atomic E-state index is 14.0. The van der Waals surface area contributed by atoms with Crippen LogP contribution in [-0.4, -0.2) is 21.7 Å². The summed E-state index contributed by atoms with van der Waals surface area (Å²) in [4.78, 5) is 3.77. The largest absolute Gasteiger partial charge is 0.368 e. The van der Waals surface area contributed by atoms with E-state index in [0.717, 1.165) is 29.6 Å². The molecular formula is C16H15FN4. The number of nitrogens with zero attached hydrogens (tertiary/aromatic N) is 3. The van der Waals surface area contributed by atoms with Crippen LogP contribution >= 0.6 is 0 Å². The molecule has 2 aromatic heterocycles. The predicted octanol–water partition coefficient (Wildman–Crippen LogP) is 3.65. The molecule has 1 aromatic carbocycles. The van der Waals surface area contributed by atoms with E-state index in [1.807, 2.05) is 24.3 Å². The molecule has 21 heavy (non-hydrogen) atoms. The average molecular weight is 282 g/mol. The molecule has 0 amide bonds. The standard InChI is InChI=1S/C16H15FN4/c1-2-8-19-16-12-6-4-3-5-11(12)15(20-21-16)13-7-9-18-10-14(13)17/h3-7,9-10H,2,8H2,1H3,(H,19,21). The van der Waals surface area contributed by atoms with Crippen molar-refractivity contribution in [2.24, 2.45) is 0 Å². The zero-order valence-electron chi connectivity index (χ0n) is 11.7. The molecule has 0 spiro atoms. The highest BCUT2D eigenvalue weighted by Crippen LogP contribution is 2.30. The molecule has 4 nitrogen and oxygen atoms in total. The highest BCUT2D eigenvalue weighted by atomic mass is 19.1. The van der Waals surface area contributed by atoms with Crippen molar-refractivity contribution in [3.8, 4) is 11.3 Å². The Morgan fingerprint density at radius 3 is 2.67 bits per heavy atom. The number of aromatic nitrogens is 3. The third-order valence-corrected chi connectivity index (χ3v) is 3.26. The summed E-state index contributed by atoms with van der Waals surface area (Å²) in [6.45, 7) is 2.91. The number of hydrogen-bond donors (Lipinski definition) is 1. The topological polar surface area (TPSA) is 50.7 Å². The SMILES string of the molecule is CCCNc1nnc(-c2ccncc2F)c2ccccc12. The lowest BCUT2D eigenvalue weighted by Gasteiger charge is -2.10. The van der Waals surface area contributed by atoms with Crippen molar-refractivity contribution in [3.05, 3.63) is 48.5 Å². The normalized spacial score (nSPS) is 10.8. The van der Waals surface area contributed by atoms with Crippen molar-refractivity contribution in [2.75, 3.05) is 11.9 Å². The molecule has 0 radical (unpaired) electrons. The number of anilines is 1. The maximum Gasteiger partial charge on any atom is 0.156 e. The molecule has 0 saturated heterocycles. The van der Waals surface area contributed by atoms with Gasteiger partial charge in [-0.15, -0.1) is 10.2 Å². The van der Waals surface area contributed by atoms with Gasteiger partial charge in [-0.2, -0.15) is 0 Å². The summed E-state index contributed by atoms with van der Waals surface area (Å²) in [6, 6.07) is 9.36. The lowest BCUT2D eigenvalue weighted by Crippen LogP contribution is -2.05. The quantitative estimate of drug-likeness (QED) is 0.793. The molecule has 106 valence electrons. The smallest absolute Gasteiger partial charge is 0.156 e. The molecule has 0 saturated carbocycles. The summed E-state index contributed by atoms with van der Waals surface area (Å²) in [7, 11) is 0. The van der Waals surface area contributed by atoms with E-state index in [-0.39, 0.29) is 0 Å². The highest BCUT2D eigenvalue weighted by molar-refractivity contribution is 6.00. The summed E-state index contributed by atoms with van der Waals surface area (Å²) < 4.78 is 14.0. The van der Waals surface area contributed by atoms with Gasteiger partial charge in [0.2, 0.25) is 0 Å². The molecule has 0 aliphatic carbocycles. The Bertz CT molecular complexity index is 773. The number of hydrogen-bond acceptors (Lipinski definition) is 4. The van der Waals surface area contributed by atoms with Gasteiger partial charge in [-0.25, -0.2) is 4.39 Å². The molecule has 3 aromatic rings. The third kappa shape index (κ3) is 2.54. The fourth-order valence-corrected chi connectivity index (χ4v) is 2.24. The van der Waals surface area contributed by atoms with E-state index in [0.29, 0.717) is 11.3 Å². The average Bonchev–Trinajstić information content (AvgIpc) is 2.53. The van der Waals surface area contributed by atoms with Gasteiger partial charge in [0, 0.05) is 29.1 Å². The van der Waals surface area contributed by atoms with Gasteiger partial charge in [-0.1, -0.05) is 31.2 Å². The number of benzene rings is 1. The van der Waals surface area contributed by atoms with E-state index in [1.165, 1.54) is 6.20 Å². The lowest BCUT2D eigenvalue weighted by atomic mass is 10.1. The van der Waals surface area contributed by atoms with E-state index in [2.05, 4.69) is 27.4 Å². The third-order valence-electron chi connectivity index (χ3n) is 3.26. The van der Waals surface area contributed by atoms with Crippen LogP contribution in [0, 0.1) is 5.82 Å². The minimum Gasteiger partial charge on any atom is -0.368 e. The molecule has 0 atom stereocenters. The van der Waals surface area contributed by atoms with Gasteiger partial charge < -0.3 is 5.32 Å². The van der Waals surface area contributed by atoms with Gasteiger partial charge >= 0.3 is 0 Å². The summed E-state index contributed by atoms with van der Waals surface area (Å²) in [5, 5.41) is 13.5. The Morgan fingerprint density at radius 2 is 1.90 bits per heavy atom. The number of halogens is 1. The first-order chi connectivity index (χ1) is 10.3. The van der Waals surface area contributed by atoms with Gasteiger partial charge in [-0.3, -0.25) is 4.98 Å². The van der Waals surface area contributed by atoms with Crippen LogP contribution in [0.2, 0.25) is 0 Å². The minimum absolute atomic E-state index is 0.397. The minimum atomic E-state index is -0.397. The number of nitrogens with one attached hydrogen (secondary N) is 1. The van der Waals surface area contributed by atoms with E-state index >= 15 is 0 Å². The highest BCUT2D eigenvalue weighted by Gasteiger charge is 2.13. The predicted molar refractivity (Wildman–Crippen MR) is 81.5 cm³/mol.